The van der Waals surface area contributed by atoms with Crippen LogP contribution in [0.3, 0.4) is 0 Å². The molecular formula is C15H17N5O4S. The first-order chi connectivity index (χ1) is 11.9. The van der Waals surface area contributed by atoms with Crippen LogP contribution in [-0.2, 0) is 10.0 Å². The van der Waals surface area contributed by atoms with E-state index < -0.39 is 10.0 Å². The quantitative estimate of drug-likeness (QED) is 0.733. The van der Waals surface area contributed by atoms with Gasteiger partial charge in [-0.15, -0.1) is 5.10 Å². The molecule has 3 heterocycles. The first kappa shape index (κ1) is 17.0. The van der Waals surface area contributed by atoms with Gasteiger partial charge >= 0.3 is 0 Å². The smallest absolute Gasteiger partial charge is 0.269 e. The van der Waals surface area contributed by atoms with Gasteiger partial charge in [0.2, 0.25) is 5.88 Å². The standard InChI is InChI=1S/C15H17N5O4S/c1-9-5-6-16-14(24-4)13(9)25(21,22)19-15-17-12-8-11(23-3)7-10(2)20(12)18-15/h5-8H,1-4H3,(H,18,19). The molecule has 0 aromatic carbocycles. The van der Waals surface area contributed by atoms with E-state index in [0.717, 1.165) is 5.69 Å². The Bertz CT molecular complexity index is 1050. The summed E-state index contributed by atoms with van der Waals surface area (Å²) in [5.74, 6) is 0.562. The van der Waals surface area contributed by atoms with Gasteiger partial charge in [0, 0.05) is 24.0 Å². The highest BCUT2D eigenvalue weighted by molar-refractivity contribution is 7.92. The van der Waals surface area contributed by atoms with Crippen LogP contribution in [0.1, 0.15) is 11.3 Å². The molecule has 0 fully saturated rings. The average molecular weight is 363 g/mol. The van der Waals surface area contributed by atoms with Crippen LogP contribution in [0.5, 0.6) is 11.6 Å². The molecular weight excluding hydrogens is 346 g/mol. The van der Waals surface area contributed by atoms with Gasteiger partial charge in [-0.25, -0.2) is 22.6 Å². The second kappa shape index (κ2) is 6.20. The Morgan fingerprint density at radius 2 is 1.92 bits per heavy atom. The summed E-state index contributed by atoms with van der Waals surface area (Å²) in [5.41, 5.74) is 1.72. The first-order valence-corrected chi connectivity index (χ1v) is 8.78. The minimum atomic E-state index is -3.97. The van der Waals surface area contributed by atoms with Gasteiger partial charge in [0.05, 0.1) is 14.2 Å². The fourth-order valence-electron chi connectivity index (χ4n) is 2.44. The van der Waals surface area contributed by atoms with Crippen molar-refractivity contribution in [3.63, 3.8) is 0 Å². The SMILES string of the molecule is COc1cc(C)n2nc(NS(=O)(=O)c3c(C)ccnc3OC)nc2c1. The monoisotopic (exact) mass is 363 g/mol. The Labute approximate surface area is 144 Å². The summed E-state index contributed by atoms with van der Waals surface area (Å²) in [6, 6.07) is 5.02. The minimum absolute atomic E-state index is 0.00844. The number of sulfonamides is 1. The molecule has 0 atom stereocenters. The third-order valence-electron chi connectivity index (χ3n) is 3.58. The van der Waals surface area contributed by atoms with Crippen LogP contribution in [0, 0.1) is 13.8 Å². The fraction of sp³-hybridized carbons (Fsp3) is 0.267. The molecule has 0 spiro atoms. The van der Waals surface area contributed by atoms with Gasteiger partial charge in [-0.3, -0.25) is 0 Å². The largest absolute Gasteiger partial charge is 0.497 e. The van der Waals surface area contributed by atoms with Crippen molar-refractivity contribution in [2.45, 2.75) is 18.7 Å². The Kier molecular flexibility index (Phi) is 4.21. The van der Waals surface area contributed by atoms with E-state index in [1.807, 2.05) is 6.92 Å². The molecule has 10 heteroatoms. The van der Waals surface area contributed by atoms with E-state index >= 15 is 0 Å². The maximum absolute atomic E-state index is 12.7. The number of nitrogens with one attached hydrogen (secondary N) is 1. The Morgan fingerprint density at radius 1 is 1.16 bits per heavy atom. The number of hydrogen-bond donors (Lipinski definition) is 1. The highest BCUT2D eigenvalue weighted by Gasteiger charge is 2.25. The van der Waals surface area contributed by atoms with Crippen LogP contribution in [0.25, 0.3) is 5.65 Å². The van der Waals surface area contributed by atoms with Crippen molar-refractivity contribution in [1.82, 2.24) is 19.6 Å². The van der Waals surface area contributed by atoms with Crippen LogP contribution in [0.15, 0.2) is 29.3 Å². The van der Waals surface area contributed by atoms with Crippen LogP contribution in [0.2, 0.25) is 0 Å². The molecule has 0 saturated carbocycles. The molecule has 0 radical (unpaired) electrons. The van der Waals surface area contributed by atoms with E-state index in [9.17, 15) is 8.42 Å². The summed E-state index contributed by atoms with van der Waals surface area (Å²) in [6.07, 6.45) is 1.48. The maximum Gasteiger partial charge on any atom is 0.269 e. The molecule has 0 saturated heterocycles. The van der Waals surface area contributed by atoms with Crippen LogP contribution >= 0.6 is 0 Å². The van der Waals surface area contributed by atoms with Crippen molar-refractivity contribution < 1.29 is 17.9 Å². The van der Waals surface area contributed by atoms with Gasteiger partial charge in [-0.2, -0.15) is 4.98 Å². The van der Waals surface area contributed by atoms with E-state index in [1.165, 1.54) is 17.8 Å². The number of fused-ring (bicyclic) bond motifs is 1. The molecule has 0 amide bonds. The fourth-order valence-corrected chi connectivity index (χ4v) is 3.72. The average Bonchev–Trinajstić information content (AvgIpc) is 2.96. The summed E-state index contributed by atoms with van der Waals surface area (Å²) in [4.78, 5) is 8.09. The van der Waals surface area contributed by atoms with Gasteiger partial charge < -0.3 is 9.47 Å². The zero-order valence-electron chi connectivity index (χ0n) is 14.1. The highest BCUT2D eigenvalue weighted by Crippen LogP contribution is 2.26. The molecule has 25 heavy (non-hydrogen) atoms. The van der Waals surface area contributed by atoms with Crippen molar-refractivity contribution >= 4 is 21.6 Å². The molecule has 0 bridgehead atoms. The number of anilines is 1. The summed E-state index contributed by atoms with van der Waals surface area (Å²) >= 11 is 0. The summed E-state index contributed by atoms with van der Waals surface area (Å²) in [5, 5.41) is 4.18. The number of hydrogen-bond acceptors (Lipinski definition) is 7. The predicted molar refractivity (Wildman–Crippen MR) is 90.6 cm³/mol. The van der Waals surface area contributed by atoms with Crippen molar-refractivity contribution in [3.05, 3.63) is 35.7 Å². The predicted octanol–water partition coefficient (Wildman–Crippen LogP) is 1.56. The molecule has 0 aliphatic carbocycles. The number of ether oxygens (including phenoxy) is 2. The molecule has 3 aromatic heterocycles. The molecule has 0 aliphatic heterocycles. The molecule has 0 unspecified atom stereocenters. The Hall–Kier alpha value is -2.88. The van der Waals surface area contributed by atoms with E-state index in [0.29, 0.717) is 17.0 Å². The summed E-state index contributed by atoms with van der Waals surface area (Å²) in [6.45, 7) is 3.47. The molecule has 3 aromatic rings. The van der Waals surface area contributed by atoms with Crippen molar-refractivity contribution in [3.8, 4) is 11.6 Å². The van der Waals surface area contributed by atoms with E-state index in [1.54, 1.807) is 32.2 Å². The Balaban J connectivity index is 2.05. The van der Waals surface area contributed by atoms with Crippen molar-refractivity contribution in [2.75, 3.05) is 18.9 Å². The normalized spacial score (nSPS) is 11.5. The van der Waals surface area contributed by atoms with Gasteiger partial charge in [-0.05, 0) is 25.5 Å². The molecule has 9 nitrogen and oxygen atoms in total. The van der Waals surface area contributed by atoms with Gasteiger partial charge in [0.1, 0.15) is 5.75 Å². The first-order valence-electron chi connectivity index (χ1n) is 7.29. The lowest BCUT2D eigenvalue weighted by molar-refractivity contribution is 0.384. The van der Waals surface area contributed by atoms with E-state index in [-0.39, 0.29) is 16.7 Å². The maximum atomic E-state index is 12.7. The van der Waals surface area contributed by atoms with Gasteiger partial charge in [0.25, 0.3) is 16.0 Å². The van der Waals surface area contributed by atoms with Crippen LogP contribution < -0.4 is 14.2 Å². The zero-order chi connectivity index (χ0) is 18.2. The zero-order valence-corrected chi connectivity index (χ0v) is 15.0. The molecule has 1 N–H and O–H groups in total. The van der Waals surface area contributed by atoms with Crippen LogP contribution in [-0.4, -0.2) is 42.2 Å². The highest BCUT2D eigenvalue weighted by atomic mass is 32.2. The number of rotatable bonds is 5. The lowest BCUT2D eigenvalue weighted by Gasteiger charge is -2.10. The number of pyridine rings is 2. The number of nitrogens with zero attached hydrogens (tertiary/aromatic N) is 4. The number of aryl methyl sites for hydroxylation is 2. The van der Waals surface area contributed by atoms with Crippen molar-refractivity contribution in [1.29, 1.82) is 0 Å². The van der Waals surface area contributed by atoms with Gasteiger partial charge in [-0.1, -0.05) is 0 Å². The topological polar surface area (TPSA) is 108 Å². The molecule has 3 rings (SSSR count). The lowest BCUT2D eigenvalue weighted by Crippen LogP contribution is -2.17. The Morgan fingerprint density at radius 3 is 2.60 bits per heavy atom. The number of methoxy groups -OCH3 is 2. The lowest BCUT2D eigenvalue weighted by atomic mass is 10.3. The van der Waals surface area contributed by atoms with E-state index in [2.05, 4.69) is 19.8 Å². The summed E-state index contributed by atoms with van der Waals surface area (Å²) in [7, 11) is -1.06. The van der Waals surface area contributed by atoms with E-state index in [4.69, 9.17) is 9.47 Å². The minimum Gasteiger partial charge on any atom is -0.497 e. The second-order valence-corrected chi connectivity index (χ2v) is 6.93. The number of aromatic nitrogens is 4. The second-order valence-electron chi connectivity index (χ2n) is 5.31. The summed E-state index contributed by atoms with van der Waals surface area (Å²) < 4.78 is 39.6. The third kappa shape index (κ3) is 3.07. The molecule has 0 aliphatic rings. The van der Waals surface area contributed by atoms with Crippen molar-refractivity contribution in [2.24, 2.45) is 0 Å². The third-order valence-corrected chi connectivity index (χ3v) is 5.07. The van der Waals surface area contributed by atoms with Crippen LogP contribution in [0.4, 0.5) is 5.95 Å². The van der Waals surface area contributed by atoms with Gasteiger partial charge in [0.15, 0.2) is 10.5 Å². The molecule has 132 valence electrons.